The molecule has 0 spiro atoms. The summed E-state index contributed by atoms with van der Waals surface area (Å²) in [5.41, 5.74) is 4.05. The standard InChI is InChI=1S/C19H20FNO/c1-21(2)11-5-7-16-17-6-3-4-8-19(17)22-13-14-9-10-15(20)12-18(14)16/h3-4,6-10,12H,5,11,13H2,1-2H3. The van der Waals surface area contributed by atoms with Crippen molar-refractivity contribution in [1.29, 1.82) is 0 Å². The summed E-state index contributed by atoms with van der Waals surface area (Å²) in [6.45, 7) is 1.43. The van der Waals surface area contributed by atoms with Crippen molar-refractivity contribution in [3.8, 4) is 5.75 Å². The van der Waals surface area contributed by atoms with Crippen molar-refractivity contribution in [3.63, 3.8) is 0 Å². The topological polar surface area (TPSA) is 12.5 Å². The van der Waals surface area contributed by atoms with Crippen molar-refractivity contribution in [3.05, 3.63) is 71.0 Å². The van der Waals surface area contributed by atoms with Crippen molar-refractivity contribution in [2.45, 2.75) is 13.0 Å². The largest absolute Gasteiger partial charge is 0.488 e. The number of halogens is 1. The van der Waals surface area contributed by atoms with E-state index in [1.165, 1.54) is 6.07 Å². The van der Waals surface area contributed by atoms with Gasteiger partial charge in [0.1, 0.15) is 18.2 Å². The highest BCUT2D eigenvalue weighted by molar-refractivity contribution is 5.84. The Hall–Kier alpha value is -2.13. The van der Waals surface area contributed by atoms with Crippen LogP contribution >= 0.6 is 0 Å². The van der Waals surface area contributed by atoms with E-state index in [1.54, 1.807) is 6.07 Å². The van der Waals surface area contributed by atoms with Crippen LogP contribution in [-0.2, 0) is 6.61 Å². The molecule has 1 aliphatic rings. The maximum atomic E-state index is 13.8. The van der Waals surface area contributed by atoms with Crippen LogP contribution in [0, 0.1) is 5.82 Å². The fourth-order valence-corrected chi connectivity index (χ4v) is 2.73. The second-order valence-corrected chi connectivity index (χ2v) is 5.80. The smallest absolute Gasteiger partial charge is 0.127 e. The van der Waals surface area contributed by atoms with Gasteiger partial charge < -0.3 is 9.64 Å². The first-order valence-corrected chi connectivity index (χ1v) is 7.51. The Morgan fingerprint density at radius 1 is 1.14 bits per heavy atom. The van der Waals surface area contributed by atoms with Crippen LogP contribution in [0.15, 0.2) is 48.5 Å². The molecule has 0 N–H and O–H groups in total. The third-order valence-electron chi connectivity index (χ3n) is 3.85. The van der Waals surface area contributed by atoms with Crippen LogP contribution in [0.5, 0.6) is 5.75 Å². The molecule has 0 radical (unpaired) electrons. The Balaban J connectivity index is 2.10. The van der Waals surface area contributed by atoms with Crippen molar-refractivity contribution in [1.82, 2.24) is 4.90 Å². The van der Waals surface area contributed by atoms with Gasteiger partial charge in [0, 0.05) is 12.1 Å². The predicted octanol–water partition coefficient (Wildman–Crippen LogP) is 4.10. The molecule has 114 valence electrons. The minimum atomic E-state index is -0.211. The molecule has 3 heteroatoms. The lowest BCUT2D eigenvalue weighted by molar-refractivity contribution is 0.307. The molecule has 2 aromatic carbocycles. The monoisotopic (exact) mass is 297 g/mol. The first-order chi connectivity index (χ1) is 10.6. The average molecular weight is 297 g/mol. The number of para-hydroxylation sites is 1. The summed E-state index contributed by atoms with van der Waals surface area (Å²) >= 11 is 0. The quantitative estimate of drug-likeness (QED) is 0.845. The van der Waals surface area contributed by atoms with Gasteiger partial charge in [0.2, 0.25) is 0 Å². The second kappa shape index (κ2) is 6.32. The van der Waals surface area contributed by atoms with E-state index in [4.69, 9.17) is 4.74 Å². The van der Waals surface area contributed by atoms with Gasteiger partial charge >= 0.3 is 0 Å². The maximum Gasteiger partial charge on any atom is 0.127 e. The van der Waals surface area contributed by atoms with Gasteiger partial charge in [0.15, 0.2) is 0 Å². The lowest BCUT2D eigenvalue weighted by atomic mass is 9.93. The molecule has 0 saturated carbocycles. The van der Waals surface area contributed by atoms with E-state index in [1.807, 2.05) is 30.3 Å². The highest BCUT2D eigenvalue weighted by atomic mass is 19.1. The molecule has 1 heterocycles. The van der Waals surface area contributed by atoms with E-state index in [2.05, 4.69) is 25.1 Å². The maximum absolute atomic E-state index is 13.8. The number of rotatable bonds is 3. The van der Waals surface area contributed by atoms with Gasteiger partial charge in [-0.3, -0.25) is 0 Å². The number of hydrogen-bond donors (Lipinski definition) is 0. The Bertz CT molecular complexity index is 706. The fourth-order valence-electron chi connectivity index (χ4n) is 2.73. The van der Waals surface area contributed by atoms with Crippen LogP contribution in [-0.4, -0.2) is 25.5 Å². The Morgan fingerprint density at radius 2 is 1.95 bits per heavy atom. The minimum Gasteiger partial charge on any atom is -0.488 e. The van der Waals surface area contributed by atoms with Gasteiger partial charge in [0.05, 0.1) is 0 Å². The molecule has 2 nitrogen and oxygen atoms in total. The van der Waals surface area contributed by atoms with Crippen LogP contribution in [0.3, 0.4) is 0 Å². The molecule has 0 saturated heterocycles. The molecular formula is C19H20FNO. The highest BCUT2D eigenvalue weighted by Gasteiger charge is 2.19. The van der Waals surface area contributed by atoms with Crippen LogP contribution in [0.4, 0.5) is 4.39 Å². The predicted molar refractivity (Wildman–Crippen MR) is 87.4 cm³/mol. The number of benzene rings is 2. The third kappa shape index (κ3) is 3.04. The van der Waals surface area contributed by atoms with Crippen molar-refractivity contribution in [2.75, 3.05) is 20.6 Å². The van der Waals surface area contributed by atoms with E-state index in [0.29, 0.717) is 6.61 Å². The summed E-state index contributed by atoms with van der Waals surface area (Å²) in [5, 5.41) is 0. The third-order valence-corrected chi connectivity index (χ3v) is 3.85. The molecule has 1 aliphatic heterocycles. The molecule has 22 heavy (non-hydrogen) atoms. The number of ether oxygens (including phenoxy) is 1. The zero-order chi connectivity index (χ0) is 15.5. The highest BCUT2D eigenvalue weighted by Crippen LogP contribution is 2.37. The van der Waals surface area contributed by atoms with Crippen LogP contribution in [0.25, 0.3) is 5.57 Å². The summed E-state index contributed by atoms with van der Waals surface area (Å²) in [5.74, 6) is 0.645. The van der Waals surface area contributed by atoms with E-state index >= 15 is 0 Å². The molecular weight excluding hydrogens is 277 g/mol. The molecule has 2 aromatic rings. The zero-order valence-electron chi connectivity index (χ0n) is 13.0. The molecule has 3 rings (SSSR count). The van der Waals surface area contributed by atoms with Gasteiger partial charge in [-0.15, -0.1) is 0 Å². The Labute approximate surface area is 130 Å². The molecule has 0 bridgehead atoms. The molecule has 0 aromatic heterocycles. The average Bonchev–Trinajstić information content (AvgIpc) is 2.65. The van der Waals surface area contributed by atoms with Crippen LogP contribution in [0.1, 0.15) is 23.1 Å². The summed E-state index contributed by atoms with van der Waals surface area (Å²) in [7, 11) is 4.10. The van der Waals surface area contributed by atoms with Crippen LogP contribution in [0.2, 0.25) is 0 Å². The summed E-state index contributed by atoms with van der Waals surface area (Å²) in [6, 6.07) is 12.9. The van der Waals surface area contributed by atoms with Gasteiger partial charge in [-0.05, 0) is 55.4 Å². The molecule has 0 unspecified atom stereocenters. The van der Waals surface area contributed by atoms with Crippen molar-refractivity contribution < 1.29 is 9.13 Å². The number of nitrogens with zero attached hydrogens (tertiary/aromatic N) is 1. The van der Waals surface area contributed by atoms with Gasteiger partial charge in [-0.25, -0.2) is 4.39 Å². The number of fused-ring (bicyclic) bond motifs is 2. The Kier molecular flexibility index (Phi) is 4.25. The lowest BCUT2D eigenvalue weighted by Crippen LogP contribution is -2.12. The van der Waals surface area contributed by atoms with Gasteiger partial charge in [-0.1, -0.05) is 30.3 Å². The SMILES string of the molecule is CN(C)CCC=C1c2cc(F)ccc2COc2ccccc21. The first-order valence-electron chi connectivity index (χ1n) is 7.51. The molecule has 0 amide bonds. The van der Waals surface area contributed by atoms with E-state index in [0.717, 1.165) is 41.0 Å². The van der Waals surface area contributed by atoms with Crippen LogP contribution < -0.4 is 4.74 Å². The van der Waals surface area contributed by atoms with E-state index in [9.17, 15) is 4.39 Å². The summed E-state index contributed by atoms with van der Waals surface area (Å²) in [6.07, 6.45) is 3.10. The fraction of sp³-hybridized carbons (Fsp3) is 0.263. The van der Waals surface area contributed by atoms with E-state index in [-0.39, 0.29) is 5.82 Å². The molecule has 0 fully saturated rings. The normalized spacial score (nSPS) is 15.2. The second-order valence-electron chi connectivity index (χ2n) is 5.80. The first kappa shape index (κ1) is 14.8. The van der Waals surface area contributed by atoms with Gasteiger partial charge in [-0.2, -0.15) is 0 Å². The molecule has 0 atom stereocenters. The Morgan fingerprint density at radius 3 is 2.77 bits per heavy atom. The van der Waals surface area contributed by atoms with Gasteiger partial charge in [0.25, 0.3) is 0 Å². The van der Waals surface area contributed by atoms with E-state index < -0.39 is 0 Å². The van der Waals surface area contributed by atoms with Crippen molar-refractivity contribution in [2.24, 2.45) is 0 Å². The molecule has 0 aliphatic carbocycles. The lowest BCUT2D eigenvalue weighted by Gasteiger charge is -2.12. The number of hydrogen-bond acceptors (Lipinski definition) is 2. The summed E-state index contributed by atoms with van der Waals surface area (Å²) < 4.78 is 19.6. The summed E-state index contributed by atoms with van der Waals surface area (Å²) in [4.78, 5) is 2.14. The minimum absolute atomic E-state index is 0.211. The van der Waals surface area contributed by atoms with Crippen molar-refractivity contribution >= 4 is 5.57 Å². The zero-order valence-corrected chi connectivity index (χ0v) is 13.0.